The van der Waals surface area contributed by atoms with Crippen LogP contribution < -0.4 is 15.0 Å². The molecule has 0 radical (unpaired) electrons. The second-order valence-corrected chi connectivity index (χ2v) is 4.15. The van der Waals surface area contributed by atoms with Crippen molar-refractivity contribution in [2.75, 3.05) is 20.8 Å². The number of aromatic nitrogens is 2. The standard InChI is InChI=1S/C12H13ClN2O4/c1-18-9-5-7-8(6-10(9)19-2)12(17)15(3-4-16)14-11(7)13/h5-6,16H,3-4H2,1-2H3. The Morgan fingerprint density at radius 1 is 1.26 bits per heavy atom. The summed E-state index contributed by atoms with van der Waals surface area (Å²) in [6.45, 7) is -0.106. The summed E-state index contributed by atoms with van der Waals surface area (Å²) in [5, 5.41) is 13.9. The third-order valence-electron chi connectivity index (χ3n) is 2.73. The van der Waals surface area contributed by atoms with Gasteiger partial charge in [0, 0.05) is 5.39 Å². The van der Waals surface area contributed by atoms with E-state index in [-0.39, 0.29) is 23.9 Å². The molecule has 19 heavy (non-hydrogen) atoms. The molecule has 0 unspecified atom stereocenters. The Morgan fingerprint density at radius 2 is 1.84 bits per heavy atom. The van der Waals surface area contributed by atoms with E-state index in [0.717, 1.165) is 4.68 Å². The molecule has 2 aromatic rings. The molecule has 7 heteroatoms. The van der Waals surface area contributed by atoms with Crippen molar-refractivity contribution in [2.45, 2.75) is 6.54 Å². The maximum Gasteiger partial charge on any atom is 0.274 e. The van der Waals surface area contributed by atoms with E-state index in [1.54, 1.807) is 12.1 Å². The van der Waals surface area contributed by atoms with Crippen molar-refractivity contribution in [1.29, 1.82) is 0 Å². The van der Waals surface area contributed by atoms with E-state index < -0.39 is 0 Å². The highest BCUT2D eigenvalue weighted by atomic mass is 35.5. The van der Waals surface area contributed by atoms with E-state index in [4.69, 9.17) is 26.2 Å². The molecule has 1 heterocycles. The van der Waals surface area contributed by atoms with Crippen LogP contribution in [-0.4, -0.2) is 35.7 Å². The first-order valence-corrected chi connectivity index (χ1v) is 5.93. The topological polar surface area (TPSA) is 73.6 Å². The first-order chi connectivity index (χ1) is 9.12. The number of aliphatic hydroxyl groups is 1. The Labute approximate surface area is 114 Å². The first kappa shape index (κ1) is 13.6. The van der Waals surface area contributed by atoms with Gasteiger partial charge in [-0.1, -0.05) is 11.6 Å². The zero-order valence-corrected chi connectivity index (χ0v) is 11.3. The number of rotatable bonds is 4. The Morgan fingerprint density at radius 3 is 2.37 bits per heavy atom. The van der Waals surface area contributed by atoms with Crippen molar-refractivity contribution in [2.24, 2.45) is 0 Å². The summed E-state index contributed by atoms with van der Waals surface area (Å²) in [7, 11) is 2.98. The summed E-state index contributed by atoms with van der Waals surface area (Å²) in [4.78, 5) is 12.2. The second-order valence-electron chi connectivity index (χ2n) is 3.80. The van der Waals surface area contributed by atoms with Crippen molar-refractivity contribution < 1.29 is 14.6 Å². The number of halogens is 1. The normalized spacial score (nSPS) is 10.7. The summed E-state index contributed by atoms with van der Waals surface area (Å²) in [5.41, 5.74) is -0.339. The zero-order valence-electron chi connectivity index (χ0n) is 10.5. The van der Waals surface area contributed by atoms with Crippen LogP contribution in [0.2, 0.25) is 5.15 Å². The molecule has 6 nitrogen and oxygen atoms in total. The monoisotopic (exact) mass is 284 g/mol. The van der Waals surface area contributed by atoms with Gasteiger partial charge < -0.3 is 14.6 Å². The largest absolute Gasteiger partial charge is 0.493 e. The van der Waals surface area contributed by atoms with Gasteiger partial charge in [0.1, 0.15) is 0 Å². The fourth-order valence-electron chi connectivity index (χ4n) is 1.82. The minimum atomic E-state index is -0.339. The fourth-order valence-corrected chi connectivity index (χ4v) is 2.06. The predicted molar refractivity (Wildman–Crippen MR) is 71.2 cm³/mol. The Kier molecular flexibility index (Phi) is 3.92. The molecular weight excluding hydrogens is 272 g/mol. The van der Waals surface area contributed by atoms with Gasteiger partial charge in [-0.05, 0) is 12.1 Å². The summed E-state index contributed by atoms with van der Waals surface area (Å²) >= 11 is 6.05. The minimum absolute atomic E-state index is 0.0861. The molecular formula is C12H13ClN2O4. The smallest absolute Gasteiger partial charge is 0.274 e. The maximum absolute atomic E-state index is 12.2. The van der Waals surface area contributed by atoms with Gasteiger partial charge in [-0.3, -0.25) is 4.79 Å². The van der Waals surface area contributed by atoms with Crippen molar-refractivity contribution in [1.82, 2.24) is 9.78 Å². The first-order valence-electron chi connectivity index (χ1n) is 5.55. The lowest BCUT2D eigenvalue weighted by molar-refractivity contribution is 0.266. The molecule has 0 amide bonds. The van der Waals surface area contributed by atoms with E-state index >= 15 is 0 Å². The average Bonchev–Trinajstić information content (AvgIpc) is 2.43. The number of nitrogens with zero attached hydrogens (tertiary/aromatic N) is 2. The number of methoxy groups -OCH3 is 2. The van der Waals surface area contributed by atoms with Crippen LogP contribution >= 0.6 is 11.6 Å². The van der Waals surface area contributed by atoms with E-state index in [1.165, 1.54) is 14.2 Å². The van der Waals surface area contributed by atoms with Crippen molar-refractivity contribution in [3.63, 3.8) is 0 Å². The molecule has 0 fully saturated rings. The molecule has 0 aliphatic rings. The van der Waals surface area contributed by atoms with Gasteiger partial charge in [-0.15, -0.1) is 0 Å². The number of benzene rings is 1. The van der Waals surface area contributed by atoms with Gasteiger partial charge in [-0.25, -0.2) is 4.68 Å². The number of ether oxygens (including phenoxy) is 2. The molecule has 0 bridgehead atoms. The SMILES string of the molecule is COc1cc2c(Cl)nn(CCO)c(=O)c2cc1OC. The van der Waals surface area contributed by atoms with E-state index in [0.29, 0.717) is 22.3 Å². The molecule has 0 atom stereocenters. The second kappa shape index (κ2) is 5.46. The van der Waals surface area contributed by atoms with Crippen LogP contribution in [0.15, 0.2) is 16.9 Å². The van der Waals surface area contributed by atoms with Crippen LogP contribution in [0.1, 0.15) is 0 Å². The van der Waals surface area contributed by atoms with Crippen molar-refractivity contribution >= 4 is 22.4 Å². The van der Waals surface area contributed by atoms with Crippen LogP contribution in [-0.2, 0) is 6.54 Å². The molecule has 1 N–H and O–H groups in total. The molecule has 1 aromatic heterocycles. The number of hydrogen-bond acceptors (Lipinski definition) is 5. The summed E-state index contributed by atoms with van der Waals surface area (Å²) in [6, 6.07) is 3.16. The number of aliphatic hydroxyl groups excluding tert-OH is 1. The molecule has 0 aliphatic heterocycles. The Bertz CT molecular complexity index is 669. The molecule has 0 saturated carbocycles. The quantitative estimate of drug-likeness (QED) is 0.909. The van der Waals surface area contributed by atoms with Gasteiger partial charge in [0.05, 0.1) is 32.8 Å². The highest BCUT2D eigenvalue weighted by molar-refractivity contribution is 6.34. The van der Waals surface area contributed by atoms with Crippen LogP contribution in [0.3, 0.4) is 0 Å². The summed E-state index contributed by atoms with van der Waals surface area (Å²) in [5.74, 6) is 0.905. The Balaban J connectivity index is 2.80. The van der Waals surface area contributed by atoms with Gasteiger partial charge >= 0.3 is 0 Å². The zero-order chi connectivity index (χ0) is 14.0. The van der Waals surface area contributed by atoms with E-state index in [1.807, 2.05) is 0 Å². The van der Waals surface area contributed by atoms with Gasteiger partial charge in [0.2, 0.25) is 0 Å². The number of fused-ring (bicyclic) bond motifs is 1. The number of hydrogen-bond donors (Lipinski definition) is 1. The maximum atomic E-state index is 12.2. The van der Waals surface area contributed by atoms with Crippen LogP contribution in [0, 0.1) is 0 Å². The van der Waals surface area contributed by atoms with Crippen molar-refractivity contribution in [3.8, 4) is 11.5 Å². The van der Waals surface area contributed by atoms with Gasteiger partial charge in [0.25, 0.3) is 5.56 Å². The lowest BCUT2D eigenvalue weighted by Gasteiger charge is -2.11. The summed E-state index contributed by atoms with van der Waals surface area (Å²) in [6.07, 6.45) is 0. The van der Waals surface area contributed by atoms with E-state index in [9.17, 15) is 4.79 Å². The highest BCUT2D eigenvalue weighted by Crippen LogP contribution is 2.32. The van der Waals surface area contributed by atoms with Crippen LogP contribution in [0.25, 0.3) is 10.8 Å². The molecule has 0 saturated heterocycles. The molecule has 102 valence electrons. The van der Waals surface area contributed by atoms with Gasteiger partial charge in [0.15, 0.2) is 16.7 Å². The molecule has 1 aromatic carbocycles. The lowest BCUT2D eigenvalue weighted by atomic mass is 10.1. The molecule has 0 spiro atoms. The summed E-state index contributed by atoms with van der Waals surface area (Å²) < 4.78 is 11.4. The van der Waals surface area contributed by atoms with Crippen molar-refractivity contribution in [3.05, 3.63) is 27.6 Å². The predicted octanol–water partition coefficient (Wildman–Crippen LogP) is 1.06. The fraction of sp³-hybridized carbons (Fsp3) is 0.333. The van der Waals surface area contributed by atoms with Crippen LogP contribution in [0.5, 0.6) is 11.5 Å². The third-order valence-corrected chi connectivity index (χ3v) is 3.01. The third kappa shape index (κ3) is 2.36. The highest BCUT2D eigenvalue weighted by Gasteiger charge is 2.14. The average molecular weight is 285 g/mol. The Hall–Kier alpha value is -1.79. The van der Waals surface area contributed by atoms with E-state index in [2.05, 4.69) is 5.10 Å². The van der Waals surface area contributed by atoms with Crippen LogP contribution in [0.4, 0.5) is 0 Å². The van der Waals surface area contributed by atoms with Gasteiger partial charge in [-0.2, -0.15) is 5.10 Å². The molecule has 2 rings (SSSR count). The minimum Gasteiger partial charge on any atom is -0.493 e. The lowest BCUT2D eigenvalue weighted by Crippen LogP contribution is -2.24. The molecule has 0 aliphatic carbocycles.